The number of piperidine rings is 1. The van der Waals surface area contributed by atoms with E-state index in [0.29, 0.717) is 70.6 Å². The number of allylic oxidation sites excluding steroid dienone is 6. The van der Waals surface area contributed by atoms with Crippen molar-refractivity contribution in [3.8, 4) is 0 Å². The van der Waals surface area contributed by atoms with Crippen molar-refractivity contribution in [3.05, 3.63) is 47.6 Å². The van der Waals surface area contributed by atoms with E-state index in [4.69, 9.17) is 14.2 Å². The van der Waals surface area contributed by atoms with Crippen LogP contribution in [-0.2, 0) is 33.4 Å². The van der Waals surface area contributed by atoms with Gasteiger partial charge in [-0.05, 0) is 133 Å². The maximum atomic E-state index is 14.0. The van der Waals surface area contributed by atoms with Gasteiger partial charge in [0.05, 0.1) is 30.5 Å². The lowest BCUT2D eigenvalue weighted by molar-refractivity contribution is -0.167. The Morgan fingerprint density at radius 2 is 1.55 bits per heavy atom. The summed E-state index contributed by atoms with van der Waals surface area (Å²) in [7, 11) is 1.65. The number of aliphatic hydroxyl groups excluding tert-OH is 3. The highest BCUT2D eigenvalue weighted by molar-refractivity contribution is 6.38. The first-order valence-electron chi connectivity index (χ1n) is 22.2. The summed E-state index contributed by atoms with van der Waals surface area (Å²) in [6.07, 6.45) is 16.9. The molecule has 2 saturated heterocycles. The molecule has 1 saturated carbocycles. The molecule has 11 nitrogen and oxygen atoms in total. The fourth-order valence-electron chi connectivity index (χ4n) is 9.12. The minimum atomic E-state index is -0.891. The number of ketones is 2. The summed E-state index contributed by atoms with van der Waals surface area (Å²) in [5.41, 5.74) is 1.73. The molecule has 3 aliphatic heterocycles. The number of rotatable bonds is 4. The normalized spacial score (nSPS) is 39.4. The third kappa shape index (κ3) is 14.6. The number of carbonyl (C=O) groups is 4. The Labute approximate surface area is 347 Å². The molecule has 4 rings (SSSR count). The lowest BCUT2D eigenvalue weighted by Gasteiger charge is -2.36. The summed E-state index contributed by atoms with van der Waals surface area (Å²) in [6, 6.07) is -0.874. The van der Waals surface area contributed by atoms with Gasteiger partial charge in [-0.1, -0.05) is 57.2 Å². The van der Waals surface area contributed by atoms with Crippen molar-refractivity contribution in [2.24, 2.45) is 23.7 Å². The highest BCUT2D eigenvalue weighted by Gasteiger charge is 2.41. The van der Waals surface area contributed by atoms with E-state index in [1.54, 1.807) is 7.11 Å². The third-order valence-electron chi connectivity index (χ3n) is 12.9. The van der Waals surface area contributed by atoms with Crippen LogP contribution in [0.25, 0.3) is 0 Å². The largest absolute Gasteiger partial charge is 0.461 e. The highest BCUT2D eigenvalue weighted by Crippen LogP contribution is 2.32. The zero-order valence-electron chi connectivity index (χ0n) is 36.1. The van der Waals surface area contributed by atoms with E-state index >= 15 is 0 Å². The first-order valence-corrected chi connectivity index (χ1v) is 22.2. The van der Waals surface area contributed by atoms with Gasteiger partial charge in [0.25, 0.3) is 5.91 Å². The summed E-state index contributed by atoms with van der Waals surface area (Å²) in [5.74, 6) is -1.66. The van der Waals surface area contributed by atoms with Crippen molar-refractivity contribution in [2.45, 2.75) is 186 Å². The van der Waals surface area contributed by atoms with Gasteiger partial charge in [-0.2, -0.15) is 0 Å². The molecule has 1 aliphatic carbocycles. The van der Waals surface area contributed by atoms with Gasteiger partial charge in [-0.3, -0.25) is 14.4 Å². The standard InChI is InChI=1S/C47H73NO10/c1-30-13-8-7-9-14-32(3)44(56-6)28-37-15-12-17-43(57-37)45(53)46(54)48-24-11-10-16-38(48)47(55)58-36(22-19-35-20-23-39(49)42(52)27-35)21-18-31(2)26-34(5)41(51)29-40(50)33(4)25-30/h7-9,13-14,26,30-31,33,35-39,41-44,49,51-52H,10-12,15-25,27-29H2,1-6H3/b9-7+,13-8+,32-14+,34-26+/t30-,31+,33-,35-,36+,37?,38+,39-,41+,42-,43?,44+/m1/s1. The number of aliphatic hydroxyl groups is 3. The van der Waals surface area contributed by atoms with Crippen LogP contribution >= 0.6 is 0 Å². The van der Waals surface area contributed by atoms with E-state index in [1.165, 1.54) is 4.90 Å². The number of esters is 1. The fourth-order valence-corrected chi connectivity index (χ4v) is 9.12. The molecule has 4 aliphatic rings. The predicted octanol–water partition coefficient (Wildman–Crippen LogP) is 6.91. The lowest BCUT2D eigenvalue weighted by atomic mass is 9.82. The average Bonchev–Trinajstić information content (AvgIpc) is 3.20. The van der Waals surface area contributed by atoms with Crippen LogP contribution in [0.4, 0.5) is 0 Å². The van der Waals surface area contributed by atoms with Crippen molar-refractivity contribution in [3.63, 3.8) is 0 Å². The van der Waals surface area contributed by atoms with Crippen molar-refractivity contribution >= 4 is 23.4 Å². The van der Waals surface area contributed by atoms with Gasteiger partial charge in [-0.15, -0.1) is 0 Å². The maximum Gasteiger partial charge on any atom is 0.329 e. The van der Waals surface area contributed by atoms with E-state index < -0.39 is 54.2 Å². The molecular formula is C47H73NO10. The zero-order valence-corrected chi connectivity index (χ0v) is 36.1. The summed E-state index contributed by atoms with van der Waals surface area (Å²) >= 11 is 0. The zero-order chi connectivity index (χ0) is 42.4. The third-order valence-corrected chi connectivity index (χ3v) is 12.9. The van der Waals surface area contributed by atoms with E-state index in [2.05, 4.69) is 13.0 Å². The van der Waals surface area contributed by atoms with Gasteiger partial charge >= 0.3 is 5.97 Å². The Bertz CT molecular complexity index is 1480. The minimum Gasteiger partial charge on any atom is -0.461 e. The van der Waals surface area contributed by atoms with E-state index in [9.17, 15) is 34.5 Å². The monoisotopic (exact) mass is 812 g/mol. The molecule has 3 heterocycles. The smallest absolute Gasteiger partial charge is 0.329 e. The van der Waals surface area contributed by atoms with Gasteiger partial charge in [0, 0.05) is 32.4 Å². The summed E-state index contributed by atoms with van der Waals surface area (Å²) in [4.78, 5) is 56.3. The topological polar surface area (TPSA) is 160 Å². The number of fused-ring (bicyclic) bond motifs is 3. The molecule has 12 atom stereocenters. The molecule has 1 amide bonds. The van der Waals surface area contributed by atoms with Crippen LogP contribution in [0, 0.1) is 23.7 Å². The molecule has 2 unspecified atom stereocenters. The van der Waals surface area contributed by atoms with E-state index in [0.717, 1.165) is 36.8 Å². The average molecular weight is 812 g/mol. The first kappa shape index (κ1) is 47.7. The van der Waals surface area contributed by atoms with Crippen molar-refractivity contribution in [1.82, 2.24) is 4.90 Å². The van der Waals surface area contributed by atoms with Gasteiger partial charge in [-0.25, -0.2) is 4.79 Å². The molecule has 0 aromatic carbocycles. The Kier molecular flexibility index (Phi) is 19.5. The molecule has 0 radical (unpaired) electrons. The number of ether oxygens (including phenoxy) is 3. The second-order valence-corrected chi connectivity index (χ2v) is 17.9. The number of hydrogen-bond donors (Lipinski definition) is 3. The molecule has 3 fully saturated rings. The summed E-state index contributed by atoms with van der Waals surface area (Å²) < 4.78 is 18.4. The molecule has 326 valence electrons. The Balaban J connectivity index is 1.56. The number of carbonyl (C=O) groups excluding carboxylic acids is 4. The number of amides is 1. The van der Waals surface area contributed by atoms with Gasteiger partial charge in [0.1, 0.15) is 24.0 Å². The van der Waals surface area contributed by atoms with Crippen molar-refractivity contribution < 1.29 is 48.7 Å². The second kappa shape index (κ2) is 23.7. The van der Waals surface area contributed by atoms with Gasteiger partial charge in [0.2, 0.25) is 5.78 Å². The molecular weight excluding hydrogens is 739 g/mol. The van der Waals surface area contributed by atoms with Crippen LogP contribution in [0.1, 0.15) is 137 Å². The quantitative estimate of drug-likeness (QED) is 0.155. The molecule has 0 aromatic heterocycles. The number of Topliss-reactive ketones (excluding diaryl/α,β-unsaturated/α-hetero) is 2. The van der Waals surface area contributed by atoms with Gasteiger partial charge < -0.3 is 34.4 Å². The van der Waals surface area contributed by atoms with Crippen LogP contribution < -0.4 is 0 Å². The minimum absolute atomic E-state index is 0.0202. The molecule has 0 spiro atoms. The number of nitrogens with zero attached hydrogens (tertiary/aromatic N) is 1. The van der Waals surface area contributed by atoms with Crippen LogP contribution in [0.2, 0.25) is 0 Å². The molecule has 2 bridgehead atoms. The van der Waals surface area contributed by atoms with E-state index in [1.807, 2.05) is 58.1 Å². The van der Waals surface area contributed by atoms with Crippen LogP contribution in [0.5, 0.6) is 0 Å². The maximum absolute atomic E-state index is 14.0. The molecule has 58 heavy (non-hydrogen) atoms. The second-order valence-electron chi connectivity index (χ2n) is 17.9. The van der Waals surface area contributed by atoms with Crippen molar-refractivity contribution in [2.75, 3.05) is 13.7 Å². The molecule has 11 heteroatoms. The SMILES string of the molecule is CO[C@H]1CC2CCCC(O2)C(=O)C(=O)N2CCCC[C@H]2C(=O)O[C@H](CC[C@@H]2CC[C@@H](O)[C@H](O)C2)CC[C@H](C)/C=C(\C)[C@@H](O)CC(=O)[C@H](C)C[C@H](C)/C=C/C=C/C=C/1C. The Hall–Kier alpha value is -2.96. The molecule has 3 N–H and O–H groups in total. The van der Waals surface area contributed by atoms with Crippen LogP contribution in [0.15, 0.2) is 47.6 Å². The van der Waals surface area contributed by atoms with Crippen LogP contribution in [-0.4, -0.2) is 106 Å². The van der Waals surface area contributed by atoms with E-state index in [-0.39, 0.29) is 54.6 Å². The molecule has 0 aromatic rings. The predicted molar refractivity (Wildman–Crippen MR) is 224 cm³/mol. The lowest BCUT2D eigenvalue weighted by Crippen LogP contribution is -2.54. The summed E-state index contributed by atoms with van der Waals surface area (Å²) in [5, 5.41) is 31.4. The number of methoxy groups -OCH3 is 1. The summed E-state index contributed by atoms with van der Waals surface area (Å²) in [6.45, 7) is 10.2. The Morgan fingerprint density at radius 3 is 2.29 bits per heavy atom. The Morgan fingerprint density at radius 1 is 0.776 bits per heavy atom. The number of cyclic esters (lactones) is 1. The van der Waals surface area contributed by atoms with Crippen molar-refractivity contribution in [1.29, 1.82) is 0 Å². The number of hydrogen-bond acceptors (Lipinski definition) is 10. The van der Waals surface area contributed by atoms with Gasteiger partial charge in [0.15, 0.2) is 0 Å². The first-order chi connectivity index (χ1) is 27.7. The van der Waals surface area contributed by atoms with Crippen LogP contribution in [0.3, 0.4) is 0 Å². The highest BCUT2D eigenvalue weighted by atomic mass is 16.5. The fraction of sp³-hybridized carbons (Fsp3) is 0.745.